The lowest BCUT2D eigenvalue weighted by Crippen LogP contribution is -2.37. The standard InChI is InChI=1S/C15H15ClN4O3/c1-4-20-11-12(18(2)15(22)19(3)13(11)21)17-14(20)23-10-8-6-5-7-9(10)16/h5-8H,4H2,1-3H3. The Morgan fingerprint density at radius 3 is 2.52 bits per heavy atom. The van der Waals surface area contributed by atoms with Crippen LogP contribution in [0.3, 0.4) is 0 Å². The van der Waals surface area contributed by atoms with Crippen LogP contribution in [0.1, 0.15) is 6.92 Å². The number of benzene rings is 1. The van der Waals surface area contributed by atoms with Crippen LogP contribution in [0.5, 0.6) is 11.8 Å². The molecule has 3 rings (SSSR count). The lowest BCUT2D eigenvalue weighted by atomic mass is 10.3. The summed E-state index contributed by atoms with van der Waals surface area (Å²) in [6, 6.07) is 7.20. The first-order valence-electron chi connectivity index (χ1n) is 7.04. The number of halogens is 1. The molecule has 0 saturated heterocycles. The van der Waals surface area contributed by atoms with E-state index in [1.54, 1.807) is 35.9 Å². The van der Waals surface area contributed by atoms with Gasteiger partial charge in [-0.05, 0) is 19.1 Å². The van der Waals surface area contributed by atoms with Gasteiger partial charge in [0.25, 0.3) is 5.56 Å². The molecule has 0 bridgehead atoms. The molecule has 8 heteroatoms. The molecule has 2 heterocycles. The van der Waals surface area contributed by atoms with E-state index in [0.717, 1.165) is 4.57 Å². The van der Waals surface area contributed by atoms with Gasteiger partial charge in [0.05, 0.1) is 5.02 Å². The molecule has 0 fully saturated rings. The lowest BCUT2D eigenvalue weighted by molar-refractivity contribution is 0.418. The summed E-state index contributed by atoms with van der Waals surface area (Å²) in [5.41, 5.74) is -0.250. The molecule has 0 aliphatic carbocycles. The van der Waals surface area contributed by atoms with Crippen molar-refractivity contribution in [3.05, 3.63) is 50.1 Å². The number of nitrogens with zero attached hydrogens (tertiary/aromatic N) is 4. The molecule has 7 nitrogen and oxygen atoms in total. The minimum Gasteiger partial charge on any atom is -0.424 e. The number of aryl methyl sites for hydroxylation is 2. The monoisotopic (exact) mass is 334 g/mol. The second-order valence-electron chi connectivity index (χ2n) is 5.05. The van der Waals surface area contributed by atoms with E-state index in [2.05, 4.69) is 4.98 Å². The third-order valence-corrected chi connectivity index (χ3v) is 3.98. The number of fused-ring (bicyclic) bond motifs is 1. The van der Waals surface area contributed by atoms with Gasteiger partial charge in [-0.3, -0.25) is 18.5 Å². The van der Waals surface area contributed by atoms with E-state index in [0.29, 0.717) is 22.8 Å². The van der Waals surface area contributed by atoms with Crippen LogP contribution in [0.25, 0.3) is 11.2 Å². The maximum atomic E-state index is 12.4. The van der Waals surface area contributed by atoms with Gasteiger partial charge in [0.15, 0.2) is 11.2 Å². The van der Waals surface area contributed by atoms with Crippen molar-refractivity contribution in [2.24, 2.45) is 14.1 Å². The Labute approximate surface area is 136 Å². The molecule has 0 saturated carbocycles. The second kappa shape index (κ2) is 5.58. The van der Waals surface area contributed by atoms with Gasteiger partial charge in [-0.1, -0.05) is 23.7 Å². The van der Waals surface area contributed by atoms with Gasteiger partial charge in [0.2, 0.25) is 0 Å². The van der Waals surface area contributed by atoms with E-state index in [1.165, 1.54) is 11.6 Å². The normalized spacial score (nSPS) is 11.1. The van der Waals surface area contributed by atoms with E-state index in [9.17, 15) is 9.59 Å². The number of rotatable bonds is 3. The molecule has 0 aliphatic rings. The summed E-state index contributed by atoms with van der Waals surface area (Å²) in [5, 5.41) is 0.434. The van der Waals surface area contributed by atoms with Crippen LogP contribution in [0, 0.1) is 0 Å². The lowest BCUT2D eigenvalue weighted by Gasteiger charge is -2.08. The molecule has 0 radical (unpaired) electrons. The molecular weight excluding hydrogens is 320 g/mol. The maximum absolute atomic E-state index is 12.4. The van der Waals surface area contributed by atoms with Crippen molar-refractivity contribution < 1.29 is 4.74 Å². The molecule has 0 unspecified atom stereocenters. The Hall–Kier alpha value is -2.54. The molecule has 23 heavy (non-hydrogen) atoms. The topological polar surface area (TPSA) is 71.1 Å². The fraction of sp³-hybridized carbons (Fsp3) is 0.267. The Bertz CT molecular complexity index is 1020. The predicted octanol–water partition coefficient (Wildman–Crippen LogP) is 1.90. The van der Waals surface area contributed by atoms with Crippen molar-refractivity contribution in [3.63, 3.8) is 0 Å². The number of hydrogen-bond acceptors (Lipinski definition) is 4. The fourth-order valence-corrected chi connectivity index (χ4v) is 2.60. The minimum atomic E-state index is -0.437. The molecule has 0 spiro atoms. The third kappa shape index (κ3) is 2.33. The molecule has 0 aliphatic heterocycles. The number of ether oxygens (including phenoxy) is 1. The highest BCUT2D eigenvalue weighted by Crippen LogP contribution is 2.29. The SMILES string of the molecule is CCn1c(Oc2ccccc2Cl)nc2c1c(=O)n(C)c(=O)n2C. The highest BCUT2D eigenvalue weighted by Gasteiger charge is 2.20. The summed E-state index contributed by atoms with van der Waals surface area (Å²) < 4.78 is 9.76. The number of aromatic nitrogens is 4. The van der Waals surface area contributed by atoms with E-state index in [-0.39, 0.29) is 11.7 Å². The van der Waals surface area contributed by atoms with Gasteiger partial charge in [0, 0.05) is 20.6 Å². The number of para-hydroxylation sites is 1. The zero-order chi connectivity index (χ0) is 16.7. The molecule has 1 aromatic carbocycles. The molecule has 0 N–H and O–H groups in total. The first kappa shape index (κ1) is 15.4. The predicted molar refractivity (Wildman–Crippen MR) is 87.4 cm³/mol. The van der Waals surface area contributed by atoms with Gasteiger partial charge in [-0.25, -0.2) is 4.79 Å². The molecule has 0 amide bonds. The smallest absolute Gasteiger partial charge is 0.332 e. The van der Waals surface area contributed by atoms with E-state index in [4.69, 9.17) is 16.3 Å². The van der Waals surface area contributed by atoms with Gasteiger partial charge in [-0.2, -0.15) is 4.98 Å². The zero-order valence-corrected chi connectivity index (χ0v) is 13.7. The largest absolute Gasteiger partial charge is 0.424 e. The quantitative estimate of drug-likeness (QED) is 0.733. The molecule has 3 aromatic rings. The summed E-state index contributed by atoms with van der Waals surface area (Å²) >= 11 is 6.10. The van der Waals surface area contributed by atoms with E-state index in [1.807, 2.05) is 6.92 Å². The molecule has 0 atom stereocenters. The Morgan fingerprint density at radius 1 is 1.17 bits per heavy atom. The van der Waals surface area contributed by atoms with Crippen molar-refractivity contribution in [1.82, 2.24) is 18.7 Å². The zero-order valence-electron chi connectivity index (χ0n) is 12.9. The first-order chi connectivity index (χ1) is 11.0. The summed E-state index contributed by atoms with van der Waals surface area (Å²) in [6.45, 7) is 2.33. The van der Waals surface area contributed by atoms with Crippen molar-refractivity contribution in [2.45, 2.75) is 13.5 Å². The molecule has 2 aromatic heterocycles. The highest BCUT2D eigenvalue weighted by atomic mass is 35.5. The summed E-state index contributed by atoms with van der Waals surface area (Å²) in [5.74, 6) is 0.431. The van der Waals surface area contributed by atoms with Crippen LogP contribution in [-0.4, -0.2) is 18.7 Å². The summed E-state index contributed by atoms with van der Waals surface area (Å²) in [6.07, 6.45) is 0. The average Bonchev–Trinajstić information content (AvgIpc) is 2.91. The maximum Gasteiger partial charge on any atom is 0.332 e. The van der Waals surface area contributed by atoms with Crippen LogP contribution >= 0.6 is 11.6 Å². The van der Waals surface area contributed by atoms with Crippen molar-refractivity contribution in [1.29, 1.82) is 0 Å². The van der Waals surface area contributed by atoms with Crippen LogP contribution in [0.15, 0.2) is 33.9 Å². The van der Waals surface area contributed by atoms with Gasteiger partial charge < -0.3 is 4.74 Å². The number of imidazole rings is 1. The van der Waals surface area contributed by atoms with Crippen LogP contribution in [0.4, 0.5) is 0 Å². The second-order valence-corrected chi connectivity index (χ2v) is 5.46. The highest BCUT2D eigenvalue weighted by molar-refractivity contribution is 6.32. The van der Waals surface area contributed by atoms with E-state index >= 15 is 0 Å². The van der Waals surface area contributed by atoms with Crippen molar-refractivity contribution >= 4 is 22.8 Å². The van der Waals surface area contributed by atoms with E-state index < -0.39 is 11.2 Å². The van der Waals surface area contributed by atoms with Gasteiger partial charge in [0.1, 0.15) is 5.75 Å². The van der Waals surface area contributed by atoms with Crippen LogP contribution in [0.2, 0.25) is 5.02 Å². The van der Waals surface area contributed by atoms with Crippen molar-refractivity contribution in [2.75, 3.05) is 0 Å². The average molecular weight is 335 g/mol. The summed E-state index contributed by atoms with van der Waals surface area (Å²) in [4.78, 5) is 28.8. The number of hydrogen-bond donors (Lipinski definition) is 0. The van der Waals surface area contributed by atoms with Crippen molar-refractivity contribution in [3.8, 4) is 11.8 Å². The third-order valence-electron chi connectivity index (χ3n) is 3.67. The van der Waals surface area contributed by atoms with Crippen LogP contribution < -0.4 is 16.0 Å². The molecular formula is C15H15ClN4O3. The van der Waals surface area contributed by atoms with Gasteiger partial charge >= 0.3 is 11.7 Å². The minimum absolute atomic E-state index is 0.217. The molecule has 120 valence electrons. The summed E-state index contributed by atoms with van der Waals surface area (Å²) in [7, 11) is 3.00. The Kier molecular flexibility index (Phi) is 3.73. The van der Waals surface area contributed by atoms with Gasteiger partial charge in [-0.15, -0.1) is 0 Å². The first-order valence-corrected chi connectivity index (χ1v) is 7.42. The van der Waals surface area contributed by atoms with Crippen LogP contribution in [-0.2, 0) is 20.6 Å². The fourth-order valence-electron chi connectivity index (χ4n) is 2.42. The Morgan fingerprint density at radius 2 is 1.87 bits per heavy atom. The Balaban J connectivity index is 2.29.